The molecule has 0 saturated carbocycles. The summed E-state index contributed by atoms with van der Waals surface area (Å²) in [6, 6.07) is 6.76. The van der Waals surface area contributed by atoms with E-state index in [0.717, 1.165) is 30.6 Å². The third-order valence-corrected chi connectivity index (χ3v) is 4.19. The van der Waals surface area contributed by atoms with Gasteiger partial charge in [0, 0.05) is 29.4 Å². The highest BCUT2D eigenvalue weighted by atomic mass is 35.5. The summed E-state index contributed by atoms with van der Waals surface area (Å²) in [4.78, 5) is 23.3. The maximum Gasteiger partial charge on any atom is 0.248 e. The second kappa shape index (κ2) is 8.62. The van der Waals surface area contributed by atoms with Crippen molar-refractivity contribution in [1.82, 2.24) is 9.78 Å². The molecule has 0 aliphatic carbocycles. The first-order chi connectivity index (χ1) is 11.9. The van der Waals surface area contributed by atoms with Gasteiger partial charge in [-0.15, -0.1) is 0 Å². The SMILES string of the molecule is CCCCn1nc(C)c(/C=C/C(=O)Nc2ccc(C(C)=O)cc2)c1Cl. The summed E-state index contributed by atoms with van der Waals surface area (Å²) < 4.78 is 1.76. The van der Waals surface area contributed by atoms with Gasteiger partial charge in [-0.25, -0.2) is 0 Å². The molecule has 0 bridgehead atoms. The standard InChI is InChI=1S/C19H22ClN3O2/c1-4-5-12-23-19(20)17(13(2)22-23)10-11-18(25)21-16-8-6-15(7-9-16)14(3)24/h6-11H,4-5,12H2,1-3H3,(H,21,25)/b11-10+. The van der Waals surface area contributed by atoms with Crippen LogP contribution in [0.5, 0.6) is 0 Å². The van der Waals surface area contributed by atoms with E-state index in [4.69, 9.17) is 11.6 Å². The molecular weight excluding hydrogens is 338 g/mol. The molecule has 0 aliphatic rings. The molecule has 2 rings (SSSR count). The molecule has 132 valence electrons. The number of carbonyl (C=O) groups excluding carboxylic acids is 2. The number of unbranched alkanes of at least 4 members (excludes halogenated alkanes) is 1. The van der Waals surface area contributed by atoms with Crippen LogP contribution in [-0.2, 0) is 11.3 Å². The average Bonchev–Trinajstić information content (AvgIpc) is 2.85. The summed E-state index contributed by atoms with van der Waals surface area (Å²) >= 11 is 6.34. The van der Waals surface area contributed by atoms with Crippen LogP contribution in [0.25, 0.3) is 6.08 Å². The van der Waals surface area contributed by atoms with Crippen molar-refractivity contribution in [3.63, 3.8) is 0 Å². The zero-order chi connectivity index (χ0) is 18.4. The number of nitrogens with one attached hydrogen (secondary N) is 1. The summed E-state index contributed by atoms with van der Waals surface area (Å²) in [5.74, 6) is -0.282. The maximum atomic E-state index is 12.1. The molecule has 0 spiro atoms. The Balaban J connectivity index is 2.05. The molecular formula is C19H22ClN3O2. The number of ketones is 1. The van der Waals surface area contributed by atoms with Gasteiger partial charge in [0.1, 0.15) is 5.15 Å². The molecule has 1 N–H and O–H groups in total. The fourth-order valence-corrected chi connectivity index (χ4v) is 2.67. The van der Waals surface area contributed by atoms with Crippen molar-refractivity contribution in [1.29, 1.82) is 0 Å². The Morgan fingerprint density at radius 3 is 2.56 bits per heavy atom. The molecule has 1 amide bonds. The number of benzene rings is 1. The van der Waals surface area contributed by atoms with E-state index in [0.29, 0.717) is 16.4 Å². The van der Waals surface area contributed by atoms with E-state index < -0.39 is 0 Å². The minimum Gasteiger partial charge on any atom is -0.323 e. The molecule has 5 nitrogen and oxygen atoms in total. The van der Waals surface area contributed by atoms with Gasteiger partial charge in [0.25, 0.3) is 0 Å². The number of amides is 1. The number of halogens is 1. The fraction of sp³-hybridized carbons (Fsp3) is 0.316. The lowest BCUT2D eigenvalue weighted by molar-refractivity contribution is -0.111. The highest BCUT2D eigenvalue weighted by Gasteiger charge is 2.11. The van der Waals surface area contributed by atoms with E-state index in [-0.39, 0.29) is 11.7 Å². The molecule has 25 heavy (non-hydrogen) atoms. The number of Topliss-reactive ketones (excluding diaryl/α,β-unsaturated/α-hetero) is 1. The number of aromatic nitrogens is 2. The Labute approximate surface area is 152 Å². The van der Waals surface area contributed by atoms with E-state index >= 15 is 0 Å². The predicted molar refractivity (Wildman–Crippen MR) is 101 cm³/mol. The highest BCUT2D eigenvalue weighted by Crippen LogP contribution is 2.22. The maximum absolute atomic E-state index is 12.1. The number of carbonyl (C=O) groups is 2. The van der Waals surface area contributed by atoms with Crippen LogP contribution >= 0.6 is 11.6 Å². The van der Waals surface area contributed by atoms with Crippen molar-refractivity contribution in [3.05, 3.63) is 52.3 Å². The molecule has 1 aromatic heterocycles. The zero-order valence-corrected chi connectivity index (χ0v) is 15.4. The monoisotopic (exact) mass is 359 g/mol. The van der Waals surface area contributed by atoms with Crippen LogP contribution < -0.4 is 5.32 Å². The van der Waals surface area contributed by atoms with Crippen molar-refractivity contribution < 1.29 is 9.59 Å². The quantitative estimate of drug-likeness (QED) is 0.584. The van der Waals surface area contributed by atoms with E-state index in [9.17, 15) is 9.59 Å². The van der Waals surface area contributed by atoms with Crippen molar-refractivity contribution in [3.8, 4) is 0 Å². The second-order valence-electron chi connectivity index (χ2n) is 5.82. The Bertz CT molecular complexity index is 792. The summed E-state index contributed by atoms with van der Waals surface area (Å²) in [6.45, 7) is 6.24. The molecule has 2 aromatic rings. The number of hydrogen-bond donors (Lipinski definition) is 1. The molecule has 0 saturated heterocycles. The van der Waals surface area contributed by atoms with E-state index in [2.05, 4.69) is 17.3 Å². The van der Waals surface area contributed by atoms with Gasteiger partial charge in [-0.05, 0) is 50.6 Å². The van der Waals surface area contributed by atoms with Crippen molar-refractivity contribution in [2.24, 2.45) is 0 Å². The van der Waals surface area contributed by atoms with Gasteiger partial charge >= 0.3 is 0 Å². The molecule has 0 radical (unpaired) electrons. The van der Waals surface area contributed by atoms with Crippen molar-refractivity contribution >= 4 is 35.1 Å². The number of hydrogen-bond acceptors (Lipinski definition) is 3. The topological polar surface area (TPSA) is 64.0 Å². The van der Waals surface area contributed by atoms with Crippen LogP contribution in [0.4, 0.5) is 5.69 Å². The Morgan fingerprint density at radius 1 is 1.28 bits per heavy atom. The lowest BCUT2D eigenvalue weighted by Crippen LogP contribution is -2.07. The zero-order valence-electron chi connectivity index (χ0n) is 14.7. The van der Waals surface area contributed by atoms with Crippen molar-refractivity contribution in [2.45, 2.75) is 40.2 Å². The van der Waals surface area contributed by atoms with Crippen LogP contribution in [0, 0.1) is 6.92 Å². The second-order valence-corrected chi connectivity index (χ2v) is 6.18. The fourth-order valence-electron chi connectivity index (χ4n) is 2.34. The van der Waals surface area contributed by atoms with E-state index in [1.54, 1.807) is 35.0 Å². The lowest BCUT2D eigenvalue weighted by atomic mass is 10.1. The average molecular weight is 360 g/mol. The first-order valence-corrected chi connectivity index (χ1v) is 8.63. The lowest BCUT2D eigenvalue weighted by Gasteiger charge is -2.03. The molecule has 1 aromatic carbocycles. The van der Waals surface area contributed by atoms with Gasteiger partial charge in [-0.1, -0.05) is 24.9 Å². The Hall–Kier alpha value is -2.40. The largest absolute Gasteiger partial charge is 0.323 e. The van der Waals surface area contributed by atoms with Gasteiger partial charge in [-0.3, -0.25) is 14.3 Å². The van der Waals surface area contributed by atoms with Crippen LogP contribution in [0.15, 0.2) is 30.3 Å². The summed E-state index contributed by atoms with van der Waals surface area (Å²) in [7, 11) is 0. The van der Waals surface area contributed by atoms with Crippen LogP contribution in [0.2, 0.25) is 5.15 Å². The van der Waals surface area contributed by atoms with Gasteiger partial charge in [0.2, 0.25) is 5.91 Å². The van der Waals surface area contributed by atoms with Crippen LogP contribution in [0.1, 0.15) is 48.3 Å². The van der Waals surface area contributed by atoms with Crippen molar-refractivity contribution in [2.75, 3.05) is 5.32 Å². The summed E-state index contributed by atoms with van der Waals surface area (Å²) in [5, 5.41) is 7.70. The smallest absolute Gasteiger partial charge is 0.248 e. The normalized spacial score (nSPS) is 11.0. The minimum atomic E-state index is -0.271. The van der Waals surface area contributed by atoms with Gasteiger partial charge < -0.3 is 5.32 Å². The van der Waals surface area contributed by atoms with E-state index in [1.807, 2.05) is 6.92 Å². The number of nitrogens with zero attached hydrogens (tertiary/aromatic N) is 2. The van der Waals surface area contributed by atoms with Gasteiger partial charge in [0.05, 0.1) is 5.69 Å². The number of rotatable bonds is 7. The third-order valence-electron chi connectivity index (χ3n) is 3.79. The predicted octanol–water partition coefficient (Wildman–Crippen LogP) is 4.50. The van der Waals surface area contributed by atoms with Gasteiger partial charge in [0.15, 0.2) is 5.78 Å². The molecule has 0 unspecified atom stereocenters. The summed E-state index contributed by atoms with van der Waals surface area (Å²) in [5.41, 5.74) is 2.77. The Morgan fingerprint density at radius 2 is 1.96 bits per heavy atom. The Kier molecular flexibility index (Phi) is 6.53. The van der Waals surface area contributed by atoms with Crippen LogP contribution in [0.3, 0.4) is 0 Å². The number of anilines is 1. The molecule has 0 aliphatic heterocycles. The number of aryl methyl sites for hydroxylation is 2. The highest BCUT2D eigenvalue weighted by molar-refractivity contribution is 6.31. The first-order valence-electron chi connectivity index (χ1n) is 8.25. The van der Waals surface area contributed by atoms with E-state index in [1.165, 1.54) is 13.0 Å². The summed E-state index contributed by atoms with van der Waals surface area (Å²) in [6.07, 6.45) is 5.16. The molecule has 0 fully saturated rings. The van der Waals surface area contributed by atoms with Gasteiger partial charge in [-0.2, -0.15) is 5.10 Å². The van der Waals surface area contributed by atoms with Crippen LogP contribution in [-0.4, -0.2) is 21.5 Å². The molecule has 1 heterocycles. The first kappa shape index (κ1) is 18.9. The molecule has 0 atom stereocenters. The molecule has 6 heteroatoms. The third kappa shape index (κ3) is 5.03. The minimum absolute atomic E-state index is 0.0111.